The third-order valence-corrected chi connectivity index (χ3v) is 4.86. The van der Waals surface area contributed by atoms with Gasteiger partial charge in [0.2, 0.25) is 0 Å². The second-order valence-corrected chi connectivity index (χ2v) is 7.06. The summed E-state index contributed by atoms with van der Waals surface area (Å²) in [5.41, 5.74) is -0.862. The Morgan fingerprint density at radius 3 is 2.70 bits per heavy atom. The van der Waals surface area contributed by atoms with Gasteiger partial charge in [-0.1, -0.05) is 29.8 Å². The highest BCUT2D eigenvalue weighted by Crippen LogP contribution is 2.35. The number of carbonyl (C=O) groups excluding carboxylic acids is 1. The zero-order chi connectivity index (χ0) is 22.0. The lowest BCUT2D eigenvalue weighted by atomic mass is 10.0. The Hall–Kier alpha value is -2.81. The van der Waals surface area contributed by atoms with Crippen LogP contribution < -0.4 is 10.6 Å². The molecule has 2 atom stereocenters. The number of fused-ring (bicyclic) bond motifs is 1. The number of hydrogen-bond donors (Lipinski definition) is 2. The lowest BCUT2D eigenvalue weighted by Crippen LogP contribution is -2.27. The number of nitrogens with zero attached hydrogens (tertiary/aromatic N) is 2. The molecule has 10 heteroatoms. The maximum absolute atomic E-state index is 14.5. The van der Waals surface area contributed by atoms with E-state index in [0.717, 1.165) is 6.07 Å². The first-order valence-corrected chi connectivity index (χ1v) is 9.67. The van der Waals surface area contributed by atoms with Gasteiger partial charge in [-0.2, -0.15) is 0 Å². The summed E-state index contributed by atoms with van der Waals surface area (Å²) in [6, 6.07) is 3.14. The lowest BCUT2D eigenvalue weighted by Gasteiger charge is -2.25. The molecule has 0 saturated heterocycles. The van der Waals surface area contributed by atoms with Crippen LogP contribution in [0.25, 0.3) is 6.08 Å². The van der Waals surface area contributed by atoms with Crippen molar-refractivity contribution >= 4 is 35.3 Å². The Kier molecular flexibility index (Phi) is 6.50. The van der Waals surface area contributed by atoms with E-state index in [0.29, 0.717) is 23.0 Å². The molecule has 3 rings (SSSR count). The molecule has 2 N–H and O–H groups in total. The second kappa shape index (κ2) is 8.91. The standard InChI is InChI=1S/C20H20ClF3N4O2/c1-4-30-20(29)13-8-14-18(26-10(3)27-19(14)28-16(13)21)25-9(2)11-6-5-7-12(15(11)22)17(23)24/h5-9,16-17H,4H2,1-3H3,(H2,25,26,27,28)/t9-,16?/m1/s1. The highest BCUT2D eigenvalue weighted by Gasteiger charge is 2.29. The molecule has 1 aliphatic heterocycles. The molecule has 160 valence electrons. The molecular weight excluding hydrogens is 421 g/mol. The molecule has 0 spiro atoms. The summed E-state index contributed by atoms with van der Waals surface area (Å²) < 4.78 is 45.6. The van der Waals surface area contributed by atoms with E-state index in [-0.39, 0.29) is 17.7 Å². The molecule has 2 aromatic rings. The van der Waals surface area contributed by atoms with Crippen LogP contribution in [0.15, 0.2) is 23.8 Å². The van der Waals surface area contributed by atoms with Crippen molar-refractivity contribution in [1.29, 1.82) is 0 Å². The van der Waals surface area contributed by atoms with Gasteiger partial charge in [-0.3, -0.25) is 0 Å². The summed E-state index contributed by atoms with van der Waals surface area (Å²) in [4.78, 5) is 20.8. The number of rotatable bonds is 6. The number of hydrogen-bond acceptors (Lipinski definition) is 6. The highest BCUT2D eigenvalue weighted by molar-refractivity contribution is 6.27. The van der Waals surface area contributed by atoms with Gasteiger partial charge in [0.05, 0.1) is 29.3 Å². The van der Waals surface area contributed by atoms with Crippen LogP contribution in [-0.2, 0) is 9.53 Å². The van der Waals surface area contributed by atoms with Gasteiger partial charge in [-0.25, -0.2) is 27.9 Å². The minimum atomic E-state index is -2.92. The van der Waals surface area contributed by atoms with Gasteiger partial charge in [0.15, 0.2) is 0 Å². The van der Waals surface area contributed by atoms with Crippen molar-refractivity contribution in [3.05, 3.63) is 52.1 Å². The molecule has 0 radical (unpaired) electrons. The van der Waals surface area contributed by atoms with Crippen LogP contribution >= 0.6 is 11.6 Å². The zero-order valence-corrected chi connectivity index (χ0v) is 17.2. The highest BCUT2D eigenvalue weighted by atomic mass is 35.5. The number of anilines is 2. The monoisotopic (exact) mass is 440 g/mol. The van der Waals surface area contributed by atoms with Gasteiger partial charge >= 0.3 is 5.97 Å². The van der Waals surface area contributed by atoms with Crippen molar-refractivity contribution < 1.29 is 22.7 Å². The van der Waals surface area contributed by atoms with Crippen LogP contribution in [-0.4, -0.2) is 28.0 Å². The predicted molar refractivity (Wildman–Crippen MR) is 108 cm³/mol. The SMILES string of the molecule is CCOC(=O)C1=Cc2c(nc(C)nc2N[C@H](C)c2cccc(C(F)F)c2F)NC1Cl. The molecule has 0 bridgehead atoms. The number of aryl methyl sites for hydroxylation is 1. The summed E-state index contributed by atoms with van der Waals surface area (Å²) >= 11 is 6.23. The van der Waals surface area contributed by atoms with Gasteiger partial charge in [-0.05, 0) is 26.8 Å². The van der Waals surface area contributed by atoms with Crippen molar-refractivity contribution in [3.63, 3.8) is 0 Å². The molecule has 0 saturated carbocycles. The molecule has 1 aliphatic rings. The summed E-state index contributed by atoms with van der Waals surface area (Å²) in [7, 11) is 0. The van der Waals surface area contributed by atoms with E-state index in [1.807, 2.05) is 0 Å². The van der Waals surface area contributed by atoms with Crippen LogP contribution in [0.4, 0.5) is 24.8 Å². The molecular formula is C20H20ClF3N4O2. The number of esters is 1. The number of alkyl halides is 3. The van der Waals surface area contributed by atoms with Crippen LogP contribution in [0.1, 0.15) is 48.8 Å². The Morgan fingerprint density at radius 2 is 2.03 bits per heavy atom. The Morgan fingerprint density at radius 1 is 1.33 bits per heavy atom. The summed E-state index contributed by atoms with van der Waals surface area (Å²) in [5.74, 6) is -0.494. The smallest absolute Gasteiger partial charge is 0.337 e. The Balaban J connectivity index is 2.00. The van der Waals surface area contributed by atoms with E-state index in [2.05, 4.69) is 20.6 Å². The molecule has 2 heterocycles. The Labute approximate surface area is 176 Å². The van der Waals surface area contributed by atoms with Crippen molar-refractivity contribution in [3.8, 4) is 0 Å². The largest absolute Gasteiger partial charge is 0.463 e. The topological polar surface area (TPSA) is 76.1 Å². The number of carbonyl (C=O) groups is 1. The van der Waals surface area contributed by atoms with Crippen molar-refractivity contribution in [2.45, 2.75) is 38.7 Å². The van der Waals surface area contributed by atoms with Gasteiger partial charge in [0.1, 0.15) is 28.8 Å². The van der Waals surface area contributed by atoms with Crippen LogP contribution in [0.2, 0.25) is 0 Å². The number of halogens is 4. The summed E-state index contributed by atoms with van der Waals surface area (Å²) in [5, 5.41) is 5.94. The number of nitrogens with one attached hydrogen (secondary N) is 2. The van der Waals surface area contributed by atoms with E-state index < -0.39 is 35.3 Å². The van der Waals surface area contributed by atoms with E-state index in [1.54, 1.807) is 20.8 Å². The fourth-order valence-electron chi connectivity index (χ4n) is 3.10. The van der Waals surface area contributed by atoms with Crippen molar-refractivity contribution in [1.82, 2.24) is 9.97 Å². The number of ether oxygens (including phenoxy) is 1. The molecule has 1 aromatic carbocycles. The minimum absolute atomic E-state index is 0.0615. The lowest BCUT2D eigenvalue weighted by molar-refractivity contribution is -0.138. The molecule has 1 aromatic heterocycles. The maximum Gasteiger partial charge on any atom is 0.337 e. The molecule has 30 heavy (non-hydrogen) atoms. The molecule has 1 unspecified atom stereocenters. The van der Waals surface area contributed by atoms with Gasteiger partial charge in [0.25, 0.3) is 6.43 Å². The van der Waals surface area contributed by atoms with Crippen molar-refractivity contribution in [2.24, 2.45) is 0 Å². The third kappa shape index (κ3) is 4.35. The third-order valence-electron chi connectivity index (χ3n) is 4.52. The summed E-state index contributed by atoms with van der Waals surface area (Å²) in [6.07, 6.45) is -1.42. The fraction of sp³-hybridized carbons (Fsp3) is 0.350. The van der Waals surface area contributed by atoms with Gasteiger partial charge in [-0.15, -0.1) is 0 Å². The first kappa shape index (κ1) is 21.9. The number of benzene rings is 1. The normalized spacial score (nSPS) is 16.4. The van der Waals surface area contributed by atoms with Crippen molar-refractivity contribution in [2.75, 3.05) is 17.2 Å². The number of aromatic nitrogens is 2. The molecule has 0 fully saturated rings. The van der Waals surface area contributed by atoms with E-state index >= 15 is 0 Å². The van der Waals surface area contributed by atoms with Crippen LogP contribution in [0.3, 0.4) is 0 Å². The average Bonchev–Trinajstić information content (AvgIpc) is 2.67. The molecule has 0 aliphatic carbocycles. The maximum atomic E-state index is 14.5. The predicted octanol–water partition coefficient (Wildman–Crippen LogP) is 4.97. The quantitative estimate of drug-likeness (QED) is 0.375. The van der Waals surface area contributed by atoms with E-state index in [4.69, 9.17) is 16.3 Å². The van der Waals surface area contributed by atoms with Gasteiger partial charge < -0.3 is 15.4 Å². The first-order chi connectivity index (χ1) is 14.2. The van der Waals surface area contributed by atoms with Crippen LogP contribution in [0, 0.1) is 12.7 Å². The zero-order valence-electron chi connectivity index (χ0n) is 16.5. The Bertz CT molecular complexity index is 1000. The first-order valence-electron chi connectivity index (χ1n) is 9.23. The fourth-order valence-corrected chi connectivity index (χ4v) is 3.35. The second-order valence-electron chi connectivity index (χ2n) is 6.63. The van der Waals surface area contributed by atoms with Crippen LogP contribution in [0.5, 0.6) is 0 Å². The van der Waals surface area contributed by atoms with E-state index in [1.165, 1.54) is 18.2 Å². The summed E-state index contributed by atoms with van der Waals surface area (Å²) in [6.45, 7) is 5.13. The minimum Gasteiger partial charge on any atom is -0.463 e. The molecule has 0 amide bonds. The molecule has 6 nitrogen and oxygen atoms in total. The van der Waals surface area contributed by atoms with E-state index in [9.17, 15) is 18.0 Å². The van der Waals surface area contributed by atoms with Gasteiger partial charge in [0, 0.05) is 5.56 Å². The average molecular weight is 441 g/mol.